The first-order valence-electron chi connectivity index (χ1n) is 6.96. The Kier molecular flexibility index (Phi) is 3.11. The first kappa shape index (κ1) is 13.6. The third kappa shape index (κ3) is 2.26. The van der Waals surface area contributed by atoms with Gasteiger partial charge in [-0.1, -0.05) is 35.9 Å². The van der Waals surface area contributed by atoms with Gasteiger partial charge in [-0.05, 0) is 24.3 Å². The summed E-state index contributed by atoms with van der Waals surface area (Å²) < 4.78 is 0. The van der Waals surface area contributed by atoms with E-state index >= 15 is 0 Å². The number of aromatic nitrogens is 2. The zero-order valence-electron chi connectivity index (χ0n) is 11.8. The molecule has 0 saturated carbocycles. The first-order valence-corrected chi connectivity index (χ1v) is 7.34. The first-order chi connectivity index (χ1) is 11.3. The Morgan fingerprint density at radius 3 is 2.09 bits per heavy atom. The predicted molar refractivity (Wildman–Crippen MR) is 90.8 cm³/mol. The largest absolute Gasteiger partial charge is 0.339 e. The second-order valence-electron chi connectivity index (χ2n) is 5.01. The second kappa shape index (κ2) is 5.27. The topological polar surface area (TPSA) is 73.6 Å². The molecule has 0 fully saturated rings. The van der Waals surface area contributed by atoms with Crippen molar-refractivity contribution in [2.75, 3.05) is 10.6 Å². The van der Waals surface area contributed by atoms with Gasteiger partial charge in [0.25, 0.3) is 0 Å². The van der Waals surface area contributed by atoms with Crippen LogP contribution in [0.2, 0.25) is 5.15 Å². The van der Waals surface area contributed by atoms with Crippen LogP contribution in [0.25, 0.3) is 16.6 Å². The maximum Gasteiger partial charge on any atom is 0.156 e. The Morgan fingerprint density at radius 1 is 0.913 bits per heavy atom. The van der Waals surface area contributed by atoms with Crippen molar-refractivity contribution < 1.29 is 0 Å². The van der Waals surface area contributed by atoms with Crippen molar-refractivity contribution in [3.05, 3.63) is 65.2 Å². The number of anilines is 2. The molecule has 110 valence electrons. The minimum atomic E-state index is 0.201. The van der Waals surface area contributed by atoms with Gasteiger partial charge >= 0.3 is 0 Å². The monoisotopic (exact) mass is 319 g/mol. The van der Waals surface area contributed by atoms with E-state index in [1.807, 2.05) is 48.5 Å². The fourth-order valence-electron chi connectivity index (χ4n) is 2.49. The molecule has 2 N–H and O–H groups in total. The molecule has 0 radical (unpaired) electrons. The molecular formula is C17H10ClN5. The lowest BCUT2D eigenvalue weighted by Gasteiger charge is -2.07. The Labute approximate surface area is 137 Å². The van der Waals surface area contributed by atoms with E-state index in [9.17, 15) is 5.26 Å². The van der Waals surface area contributed by atoms with Crippen LogP contribution in [0.15, 0.2) is 54.4 Å². The molecule has 5 nitrogen and oxygen atoms in total. The molecule has 2 aromatic carbocycles. The van der Waals surface area contributed by atoms with Crippen LogP contribution in [0.1, 0.15) is 5.69 Å². The highest BCUT2D eigenvalue weighted by atomic mass is 35.5. The highest BCUT2D eigenvalue weighted by molar-refractivity contribution is 6.31. The molecule has 0 aliphatic carbocycles. The van der Waals surface area contributed by atoms with E-state index in [0.717, 1.165) is 11.4 Å². The Morgan fingerprint density at radius 2 is 1.48 bits per heavy atom. The SMILES string of the molecule is N#CC(=C1Nc2ccccc2N1)c1nc2ccccc2nc1Cl. The van der Waals surface area contributed by atoms with Crippen molar-refractivity contribution in [2.24, 2.45) is 0 Å². The number of fused-ring (bicyclic) bond motifs is 2. The molecule has 1 aliphatic heterocycles. The van der Waals surface area contributed by atoms with E-state index < -0.39 is 0 Å². The van der Waals surface area contributed by atoms with Crippen molar-refractivity contribution in [1.82, 2.24) is 9.97 Å². The number of para-hydroxylation sites is 4. The maximum absolute atomic E-state index is 9.60. The van der Waals surface area contributed by atoms with E-state index in [-0.39, 0.29) is 5.15 Å². The number of benzene rings is 2. The quantitative estimate of drug-likeness (QED) is 0.663. The molecular weight excluding hydrogens is 310 g/mol. The molecule has 4 rings (SSSR count). The fraction of sp³-hybridized carbons (Fsp3) is 0. The van der Waals surface area contributed by atoms with Gasteiger partial charge in [0, 0.05) is 0 Å². The third-order valence-electron chi connectivity index (χ3n) is 3.57. The summed E-state index contributed by atoms with van der Waals surface area (Å²) in [7, 11) is 0. The molecule has 1 aliphatic rings. The van der Waals surface area contributed by atoms with E-state index in [4.69, 9.17) is 11.6 Å². The van der Waals surface area contributed by atoms with Crippen LogP contribution in [0.3, 0.4) is 0 Å². The number of rotatable bonds is 1. The molecule has 0 atom stereocenters. The number of allylic oxidation sites excluding steroid dienone is 1. The van der Waals surface area contributed by atoms with Crippen LogP contribution < -0.4 is 10.6 Å². The van der Waals surface area contributed by atoms with Gasteiger partial charge in [0.05, 0.1) is 22.4 Å². The Balaban J connectivity index is 1.87. The second-order valence-corrected chi connectivity index (χ2v) is 5.37. The van der Waals surface area contributed by atoms with Gasteiger partial charge in [-0.2, -0.15) is 5.26 Å². The number of halogens is 1. The van der Waals surface area contributed by atoms with Crippen LogP contribution in [-0.2, 0) is 0 Å². The van der Waals surface area contributed by atoms with Crippen LogP contribution >= 0.6 is 11.6 Å². The molecule has 2 heterocycles. The predicted octanol–water partition coefficient (Wildman–Crippen LogP) is 4.01. The van der Waals surface area contributed by atoms with Crippen LogP contribution in [0.4, 0.5) is 11.4 Å². The summed E-state index contributed by atoms with van der Waals surface area (Å²) in [6.45, 7) is 0. The van der Waals surface area contributed by atoms with Gasteiger partial charge < -0.3 is 10.6 Å². The zero-order chi connectivity index (χ0) is 15.8. The summed E-state index contributed by atoms with van der Waals surface area (Å²) in [5.74, 6) is 0.556. The van der Waals surface area contributed by atoms with Crippen molar-refractivity contribution in [3.63, 3.8) is 0 Å². The van der Waals surface area contributed by atoms with Gasteiger partial charge in [-0.3, -0.25) is 0 Å². The third-order valence-corrected chi connectivity index (χ3v) is 3.84. The molecule has 0 bridgehead atoms. The molecule has 23 heavy (non-hydrogen) atoms. The highest BCUT2D eigenvalue weighted by Crippen LogP contribution is 2.34. The molecule has 0 spiro atoms. The van der Waals surface area contributed by atoms with Crippen LogP contribution in [0, 0.1) is 11.3 Å². The fourth-order valence-corrected chi connectivity index (χ4v) is 2.72. The lowest BCUT2D eigenvalue weighted by Crippen LogP contribution is -2.05. The number of hydrogen-bond acceptors (Lipinski definition) is 5. The van der Waals surface area contributed by atoms with Crippen LogP contribution in [0.5, 0.6) is 0 Å². The van der Waals surface area contributed by atoms with Gasteiger partial charge in [-0.25, -0.2) is 9.97 Å². The Bertz CT molecular complexity index is 976. The van der Waals surface area contributed by atoms with Gasteiger partial charge in [0.15, 0.2) is 5.15 Å². The molecule has 0 unspecified atom stereocenters. The van der Waals surface area contributed by atoms with E-state index in [1.54, 1.807) is 0 Å². The summed E-state index contributed by atoms with van der Waals surface area (Å²) >= 11 is 6.25. The standard InChI is InChI=1S/C17H10ClN5/c18-16-15(20-11-5-1-2-6-12(11)21-16)10(9-19)17-22-13-7-3-4-8-14(13)23-17/h1-8,22-23H. The van der Waals surface area contributed by atoms with Crippen molar-refractivity contribution in [3.8, 4) is 6.07 Å². The number of hydrogen-bond donors (Lipinski definition) is 2. The van der Waals surface area contributed by atoms with E-state index in [2.05, 4.69) is 26.7 Å². The number of nitrogens with zero attached hydrogens (tertiary/aromatic N) is 3. The van der Waals surface area contributed by atoms with Crippen molar-refractivity contribution in [1.29, 1.82) is 5.26 Å². The summed E-state index contributed by atoms with van der Waals surface area (Å²) in [6, 6.07) is 17.3. The minimum absolute atomic E-state index is 0.201. The molecule has 0 amide bonds. The zero-order valence-corrected chi connectivity index (χ0v) is 12.6. The number of nitriles is 1. The van der Waals surface area contributed by atoms with E-state index in [0.29, 0.717) is 28.1 Å². The van der Waals surface area contributed by atoms with Crippen molar-refractivity contribution in [2.45, 2.75) is 0 Å². The molecule has 6 heteroatoms. The summed E-state index contributed by atoms with van der Waals surface area (Å²) in [4.78, 5) is 8.83. The smallest absolute Gasteiger partial charge is 0.156 e. The molecule has 0 saturated heterocycles. The average molecular weight is 320 g/mol. The van der Waals surface area contributed by atoms with Gasteiger partial charge in [0.2, 0.25) is 0 Å². The van der Waals surface area contributed by atoms with Gasteiger partial charge in [-0.15, -0.1) is 0 Å². The normalized spacial score (nSPS) is 12.3. The molecule has 1 aromatic heterocycles. The lowest BCUT2D eigenvalue weighted by atomic mass is 10.2. The average Bonchev–Trinajstić information content (AvgIpc) is 2.99. The molecule has 3 aromatic rings. The summed E-state index contributed by atoms with van der Waals surface area (Å²) in [5, 5.41) is 16.2. The maximum atomic E-state index is 9.60. The minimum Gasteiger partial charge on any atom is -0.339 e. The highest BCUT2D eigenvalue weighted by Gasteiger charge is 2.21. The Hall–Kier alpha value is -3.10. The summed E-state index contributed by atoms with van der Waals surface area (Å²) in [6.07, 6.45) is 0. The lowest BCUT2D eigenvalue weighted by molar-refractivity contribution is 1.24. The summed E-state index contributed by atoms with van der Waals surface area (Å²) in [5.41, 5.74) is 3.87. The van der Waals surface area contributed by atoms with E-state index in [1.165, 1.54) is 0 Å². The number of nitrogens with one attached hydrogen (secondary N) is 2. The van der Waals surface area contributed by atoms with Crippen molar-refractivity contribution >= 4 is 39.6 Å². The van der Waals surface area contributed by atoms with Gasteiger partial charge in [0.1, 0.15) is 23.2 Å². The van der Waals surface area contributed by atoms with Crippen LogP contribution in [-0.4, -0.2) is 9.97 Å².